The van der Waals surface area contributed by atoms with Crippen molar-refractivity contribution in [2.45, 2.75) is 11.6 Å². The third-order valence-electron chi connectivity index (χ3n) is 3.72. The minimum Gasteiger partial charge on any atom is -0.486 e. The monoisotopic (exact) mass is 416 g/mol. The summed E-state index contributed by atoms with van der Waals surface area (Å²) in [6.45, 7) is 4.81. The Kier molecular flexibility index (Phi) is 6.90. The van der Waals surface area contributed by atoms with Crippen molar-refractivity contribution in [1.82, 2.24) is 15.3 Å². The molecule has 1 aromatic heterocycles. The zero-order valence-corrected chi connectivity index (χ0v) is 16.3. The number of hydrogen-bond acceptors (Lipinski definition) is 7. The number of nitrogens with one attached hydrogen (secondary N) is 3. The number of rotatable bonds is 8. The fraction of sp³-hybridized carbons (Fsp3) is 0.263. The highest BCUT2D eigenvalue weighted by Gasteiger charge is 2.13. The second-order valence-electron chi connectivity index (χ2n) is 6.01. The van der Waals surface area contributed by atoms with Gasteiger partial charge in [-0.3, -0.25) is 14.4 Å². The van der Waals surface area contributed by atoms with Crippen molar-refractivity contribution in [2.24, 2.45) is 0 Å². The molecule has 0 aliphatic carbocycles. The van der Waals surface area contributed by atoms with E-state index in [9.17, 15) is 14.4 Å². The zero-order valence-electron chi connectivity index (χ0n) is 15.5. The Labute approximate surface area is 170 Å². The van der Waals surface area contributed by atoms with Crippen LogP contribution in [0.3, 0.4) is 0 Å². The first kappa shape index (κ1) is 20.5. The lowest BCUT2D eigenvalue weighted by Crippen LogP contribution is -2.26. The standard InChI is InChI=1S/C19H20N4O5S/c1-2-5-20-16(24)9-13-10-17(25)23-19(22-13)29-11-18(26)21-12-3-4-14-15(8-12)28-7-6-27-14/h2-4,8,10H,1,5-7,9,11H2,(H,20,24)(H,21,26)(H,22,23,25). The van der Waals surface area contributed by atoms with Crippen LogP contribution in [0.4, 0.5) is 5.69 Å². The Hall–Kier alpha value is -3.27. The molecule has 0 atom stereocenters. The molecule has 2 aromatic rings. The largest absolute Gasteiger partial charge is 0.486 e. The predicted octanol–water partition coefficient (Wildman–Crippen LogP) is 1.12. The smallest absolute Gasteiger partial charge is 0.251 e. The van der Waals surface area contributed by atoms with Gasteiger partial charge in [-0.15, -0.1) is 6.58 Å². The van der Waals surface area contributed by atoms with Crippen molar-refractivity contribution < 1.29 is 19.1 Å². The van der Waals surface area contributed by atoms with E-state index in [0.717, 1.165) is 11.8 Å². The molecule has 0 radical (unpaired) electrons. The molecular formula is C19H20N4O5S. The minimum atomic E-state index is -0.388. The number of carbonyl (C=O) groups excluding carboxylic acids is 2. The van der Waals surface area contributed by atoms with Crippen LogP contribution in [0.2, 0.25) is 0 Å². The Morgan fingerprint density at radius 1 is 1.21 bits per heavy atom. The van der Waals surface area contributed by atoms with Crippen LogP contribution in [0.1, 0.15) is 5.69 Å². The molecule has 10 heteroatoms. The first-order valence-electron chi connectivity index (χ1n) is 8.83. The van der Waals surface area contributed by atoms with Gasteiger partial charge in [-0.1, -0.05) is 17.8 Å². The van der Waals surface area contributed by atoms with Crippen molar-refractivity contribution in [3.8, 4) is 11.5 Å². The molecule has 1 aliphatic rings. The Bertz CT molecular complexity index is 975. The molecule has 0 saturated carbocycles. The molecule has 1 aromatic carbocycles. The first-order chi connectivity index (χ1) is 14.0. The molecule has 9 nitrogen and oxygen atoms in total. The zero-order chi connectivity index (χ0) is 20.6. The molecule has 2 heterocycles. The maximum absolute atomic E-state index is 12.2. The lowest BCUT2D eigenvalue weighted by molar-refractivity contribution is -0.120. The summed E-state index contributed by atoms with van der Waals surface area (Å²) in [5, 5.41) is 5.64. The molecule has 0 saturated heterocycles. The predicted molar refractivity (Wildman–Crippen MR) is 109 cm³/mol. The van der Waals surface area contributed by atoms with Gasteiger partial charge in [-0.25, -0.2) is 4.98 Å². The van der Waals surface area contributed by atoms with Crippen molar-refractivity contribution in [2.75, 3.05) is 30.8 Å². The Balaban J connectivity index is 1.56. The SMILES string of the molecule is C=CCNC(=O)Cc1cc(=O)[nH]c(SCC(=O)Nc2ccc3c(c2)OCCO3)n1. The third-order valence-corrected chi connectivity index (χ3v) is 4.60. The van der Waals surface area contributed by atoms with E-state index in [1.54, 1.807) is 24.3 Å². The maximum Gasteiger partial charge on any atom is 0.251 e. The van der Waals surface area contributed by atoms with Gasteiger partial charge in [0, 0.05) is 24.4 Å². The summed E-state index contributed by atoms with van der Waals surface area (Å²) in [6, 6.07) is 6.41. The summed E-state index contributed by atoms with van der Waals surface area (Å²) in [4.78, 5) is 42.6. The number of aromatic amines is 1. The number of H-pyrrole nitrogens is 1. The highest BCUT2D eigenvalue weighted by Crippen LogP contribution is 2.32. The number of fused-ring (bicyclic) bond motifs is 1. The van der Waals surface area contributed by atoms with E-state index in [1.165, 1.54) is 6.07 Å². The molecule has 3 rings (SSSR count). The molecule has 0 bridgehead atoms. The van der Waals surface area contributed by atoms with Crippen LogP contribution in [-0.2, 0) is 16.0 Å². The number of nitrogens with zero attached hydrogens (tertiary/aromatic N) is 1. The van der Waals surface area contributed by atoms with Crippen LogP contribution in [0.25, 0.3) is 0 Å². The van der Waals surface area contributed by atoms with E-state index in [4.69, 9.17) is 9.47 Å². The average Bonchev–Trinajstić information content (AvgIpc) is 2.70. The van der Waals surface area contributed by atoms with Crippen LogP contribution in [0, 0.1) is 0 Å². The normalized spacial score (nSPS) is 12.1. The number of thioether (sulfide) groups is 1. The van der Waals surface area contributed by atoms with Gasteiger partial charge in [0.1, 0.15) is 13.2 Å². The fourth-order valence-electron chi connectivity index (χ4n) is 2.51. The number of anilines is 1. The highest BCUT2D eigenvalue weighted by molar-refractivity contribution is 7.99. The van der Waals surface area contributed by atoms with Crippen LogP contribution < -0.4 is 25.7 Å². The fourth-order valence-corrected chi connectivity index (χ4v) is 3.20. The van der Waals surface area contributed by atoms with E-state index < -0.39 is 0 Å². The molecule has 2 amide bonds. The van der Waals surface area contributed by atoms with E-state index in [2.05, 4.69) is 27.2 Å². The van der Waals surface area contributed by atoms with E-state index >= 15 is 0 Å². The van der Waals surface area contributed by atoms with Crippen molar-refractivity contribution >= 4 is 29.3 Å². The molecular weight excluding hydrogens is 396 g/mol. The molecule has 0 fully saturated rings. The summed E-state index contributed by atoms with van der Waals surface area (Å²) in [5.41, 5.74) is 0.514. The quantitative estimate of drug-likeness (QED) is 0.335. The van der Waals surface area contributed by atoms with E-state index in [-0.39, 0.29) is 34.7 Å². The lowest BCUT2D eigenvalue weighted by Gasteiger charge is -2.18. The molecule has 0 spiro atoms. The van der Waals surface area contributed by atoms with Gasteiger partial charge in [0.2, 0.25) is 11.8 Å². The van der Waals surface area contributed by atoms with Crippen LogP contribution in [0.15, 0.2) is 46.9 Å². The number of benzene rings is 1. The van der Waals surface area contributed by atoms with Gasteiger partial charge in [0.25, 0.3) is 5.56 Å². The molecule has 152 valence electrons. The average molecular weight is 416 g/mol. The Morgan fingerprint density at radius 2 is 2.00 bits per heavy atom. The summed E-state index contributed by atoms with van der Waals surface area (Å²) >= 11 is 1.07. The van der Waals surface area contributed by atoms with Gasteiger partial charge in [-0.05, 0) is 12.1 Å². The maximum atomic E-state index is 12.2. The first-order valence-corrected chi connectivity index (χ1v) is 9.82. The second-order valence-corrected chi connectivity index (χ2v) is 6.97. The second kappa shape index (κ2) is 9.78. The molecule has 1 aliphatic heterocycles. The van der Waals surface area contributed by atoms with E-state index in [0.29, 0.717) is 42.6 Å². The van der Waals surface area contributed by atoms with Crippen molar-refractivity contribution in [3.63, 3.8) is 0 Å². The van der Waals surface area contributed by atoms with Gasteiger partial charge in [0.05, 0.1) is 17.9 Å². The summed E-state index contributed by atoms with van der Waals surface area (Å²) in [5.74, 6) is 0.706. The third kappa shape index (κ3) is 6.11. The van der Waals surface area contributed by atoms with Crippen LogP contribution >= 0.6 is 11.8 Å². The van der Waals surface area contributed by atoms with Crippen LogP contribution in [-0.4, -0.2) is 47.3 Å². The molecule has 3 N–H and O–H groups in total. The topological polar surface area (TPSA) is 122 Å². The van der Waals surface area contributed by atoms with Gasteiger partial charge >= 0.3 is 0 Å². The Morgan fingerprint density at radius 3 is 2.79 bits per heavy atom. The number of aromatic nitrogens is 2. The number of amides is 2. The van der Waals surface area contributed by atoms with Crippen molar-refractivity contribution in [1.29, 1.82) is 0 Å². The lowest BCUT2D eigenvalue weighted by atomic mass is 10.2. The summed E-state index contributed by atoms with van der Waals surface area (Å²) < 4.78 is 10.9. The number of ether oxygens (including phenoxy) is 2. The highest BCUT2D eigenvalue weighted by atomic mass is 32.2. The van der Waals surface area contributed by atoms with Gasteiger partial charge < -0.3 is 25.1 Å². The number of hydrogen-bond donors (Lipinski definition) is 3. The van der Waals surface area contributed by atoms with E-state index in [1.807, 2.05) is 0 Å². The summed E-state index contributed by atoms with van der Waals surface area (Å²) in [6.07, 6.45) is 1.53. The number of carbonyl (C=O) groups is 2. The van der Waals surface area contributed by atoms with Gasteiger partial charge in [-0.2, -0.15) is 0 Å². The van der Waals surface area contributed by atoms with Crippen LogP contribution in [0.5, 0.6) is 11.5 Å². The summed E-state index contributed by atoms with van der Waals surface area (Å²) in [7, 11) is 0. The van der Waals surface area contributed by atoms with Crippen molar-refractivity contribution in [3.05, 3.63) is 53.0 Å². The molecule has 0 unspecified atom stereocenters. The minimum absolute atomic E-state index is 0.0312. The molecule has 29 heavy (non-hydrogen) atoms. The van der Waals surface area contributed by atoms with Gasteiger partial charge in [0.15, 0.2) is 16.7 Å².